The fraction of sp³-hybridized carbons (Fsp3) is 0.682. The van der Waals surface area contributed by atoms with Crippen LogP contribution in [0, 0.1) is 0 Å². The number of piperazine rings is 1. The smallest absolute Gasteiger partial charge is 0.317 e. The Morgan fingerprint density at radius 3 is 2.04 bits per heavy atom. The standard InChI is InChI=1S/C22H35N3O/c1-22(2,3)18-10-12-20(13-11-18)24-14-16-25(17-15-24)21(26)23-19-8-6-4-5-7-9-19/h10-13,19H,4-9,14-17H2,1-3H3,(H,23,26). The van der Waals surface area contributed by atoms with Gasteiger partial charge < -0.3 is 15.1 Å². The number of amides is 2. The molecule has 1 aromatic carbocycles. The summed E-state index contributed by atoms with van der Waals surface area (Å²) in [7, 11) is 0. The molecule has 2 aliphatic rings. The van der Waals surface area contributed by atoms with Crippen molar-refractivity contribution in [3.63, 3.8) is 0 Å². The van der Waals surface area contributed by atoms with Crippen LogP contribution < -0.4 is 10.2 Å². The molecule has 0 spiro atoms. The summed E-state index contributed by atoms with van der Waals surface area (Å²) in [6, 6.07) is 9.44. The van der Waals surface area contributed by atoms with Crippen LogP contribution in [0.5, 0.6) is 0 Å². The van der Waals surface area contributed by atoms with Crippen LogP contribution in [0.25, 0.3) is 0 Å². The van der Waals surface area contributed by atoms with Crippen molar-refractivity contribution in [1.82, 2.24) is 10.2 Å². The number of benzene rings is 1. The molecule has 1 heterocycles. The first-order valence-corrected chi connectivity index (χ1v) is 10.3. The number of rotatable bonds is 2. The van der Waals surface area contributed by atoms with Gasteiger partial charge in [0.1, 0.15) is 0 Å². The van der Waals surface area contributed by atoms with Gasteiger partial charge in [-0.1, -0.05) is 58.6 Å². The summed E-state index contributed by atoms with van der Waals surface area (Å²) >= 11 is 0. The van der Waals surface area contributed by atoms with E-state index in [4.69, 9.17) is 0 Å². The molecule has 0 unspecified atom stereocenters. The number of hydrogen-bond acceptors (Lipinski definition) is 2. The molecule has 0 radical (unpaired) electrons. The van der Waals surface area contributed by atoms with E-state index in [9.17, 15) is 4.79 Å². The minimum Gasteiger partial charge on any atom is -0.368 e. The molecule has 0 bridgehead atoms. The molecule has 2 fully saturated rings. The first-order valence-electron chi connectivity index (χ1n) is 10.3. The molecule has 1 aliphatic heterocycles. The third kappa shape index (κ3) is 4.93. The lowest BCUT2D eigenvalue weighted by Gasteiger charge is -2.37. The zero-order valence-electron chi connectivity index (χ0n) is 16.8. The molecule has 1 saturated carbocycles. The van der Waals surface area contributed by atoms with Gasteiger partial charge in [-0.05, 0) is 36.0 Å². The van der Waals surface area contributed by atoms with E-state index in [0.717, 1.165) is 39.0 Å². The van der Waals surface area contributed by atoms with Crippen molar-refractivity contribution < 1.29 is 4.79 Å². The van der Waals surface area contributed by atoms with E-state index < -0.39 is 0 Å². The first kappa shape index (κ1) is 19.1. The minimum atomic E-state index is 0.139. The van der Waals surface area contributed by atoms with Gasteiger partial charge in [-0.3, -0.25) is 0 Å². The van der Waals surface area contributed by atoms with E-state index in [-0.39, 0.29) is 11.4 Å². The van der Waals surface area contributed by atoms with Crippen LogP contribution in [-0.2, 0) is 5.41 Å². The van der Waals surface area contributed by atoms with E-state index in [0.29, 0.717) is 6.04 Å². The molecule has 0 atom stereocenters. The zero-order valence-corrected chi connectivity index (χ0v) is 16.8. The largest absolute Gasteiger partial charge is 0.368 e. The molecule has 2 amide bonds. The van der Waals surface area contributed by atoms with Gasteiger partial charge in [-0.2, -0.15) is 0 Å². The quantitative estimate of drug-likeness (QED) is 0.789. The Kier molecular flexibility index (Phi) is 6.10. The Morgan fingerprint density at radius 1 is 0.923 bits per heavy atom. The molecule has 1 N–H and O–H groups in total. The predicted octanol–water partition coefficient (Wildman–Crippen LogP) is 4.54. The molecular weight excluding hydrogens is 322 g/mol. The van der Waals surface area contributed by atoms with Crippen LogP contribution in [0.3, 0.4) is 0 Å². The number of carbonyl (C=O) groups is 1. The van der Waals surface area contributed by atoms with Crippen molar-refractivity contribution in [3.8, 4) is 0 Å². The Labute approximate surface area is 158 Å². The molecule has 1 aromatic rings. The fourth-order valence-corrected chi connectivity index (χ4v) is 4.03. The van der Waals surface area contributed by atoms with E-state index >= 15 is 0 Å². The SMILES string of the molecule is CC(C)(C)c1ccc(N2CCN(C(=O)NC3CCCCCC3)CC2)cc1. The van der Waals surface area contributed by atoms with Crippen LogP contribution in [0.1, 0.15) is 64.9 Å². The van der Waals surface area contributed by atoms with Crippen molar-refractivity contribution in [1.29, 1.82) is 0 Å². The highest BCUT2D eigenvalue weighted by Gasteiger charge is 2.24. The highest BCUT2D eigenvalue weighted by Crippen LogP contribution is 2.25. The third-order valence-corrected chi connectivity index (χ3v) is 5.85. The zero-order chi connectivity index (χ0) is 18.6. The van der Waals surface area contributed by atoms with E-state index in [1.165, 1.54) is 36.9 Å². The predicted molar refractivity (Wildman–Crippen MR) is 109 cm³/mol. The average molecular weight is 358 g/mol. The molecule has 1 aliphatic carbocycles. The first-order chi connectivity index (χ1) is 12.4. The van der Waals surface area contributed by atoms with Gasteiger partial charge in [0.25, 0.3) is 0 Å². The highest BCUT2D eigenvalue weighted by atomic mass is 16.2. The third-order valence-electron chi connectivity index (χ3n) is 5.85. The number of nitrogens with zero attached hydrogens (tertiary/aromatic N) is 2. The van der Waals surface area contributed by atoms with E-state index in [2.05, 4.69) is 55.3 Å². The molecule has 1 saturated heterocycles. The maximum absolute atomic E-state index is 12.6. The van der Waals surface area contributed by atoms with Crippen molar-refractivity contribution in [2.45, 2.75) is 70.8 Å². The summed E-state index contributed by atoms with van der Waals surface area (Å²) in [5.74, 6) is 0. The molecule has 3 rings (SSSR count). The minimum absolute atomic E-state index is 0.139. The van der Waals surface area contributed by atoms with Gasteiger partial charge in [0.05, 0.1) is 0 Å². The molecule has 144 valence electrons. The Morgan fingerprint density at radius 2 is 1.50 bits per heavy atom. The second-order valence-corrected chi connectivity index (χ2v) is 8.91. The van der Waals surface area contributed by atoms with Gasteiger partial charge in [0, 0.05) is 37.9 Å². The number of urea groups is 1. The van der Waals surface area contributed by atoms with Gasteiger partial charge in [-0.15, -0.1) is 0 Å². The number of carbonyl (C=O) groups excluding carboxylic acids is 1. The lowest BCUT2D eigenvalue weighted by molar-refractivity contribution is 0.189. The maximum atomic E-state index is 12.6. The van der Waals surface area contributed by atoms with Crippen LogP contribution in [0.4, 0.5) is 10.5 Å². The maximum Gasteiger partial charge on any atom is 0.317 e. The van der Waals surface area contributed by atoms with Crippen LogP contribution in [0.15, 0.2) is 24.3 Å². The monoisotopic (exact) mass is 357 g/mol. The van der Waals surface area contributed by atoms with Gasteiger partial charge in [-0.25, -0.2) is 4.79 Å². The van der Waals surface area contributed by atoms with Gasteiger partial charge in [0.2, 0.25) is 0 Å². The lowest BCUT2D eigenvalue weighted by Crippen LogP contribution is -2.53. The molecule has 4 nitrogen and oxygen atoms in total. The Hall–Kier alpha value is -1.71. The molecular formula is C22H35N3O. The van der Waals surface area contributed by atoms with Crippen LogP contribution >= 0.6 is 0 Å². The van der Waals surface area contributed by atoms with E-state index in [1.807, 2.05) is 4.90 Å². The summed E-state index contributed by atoms with van der Waals surface area (Å²) in [4.78, 5) is 17.0. The van der Waals surface area contributed by atoms with Crippen LogP contribution in [0.2, 0.25) is 0 Å². The summed E-state index contributed by atoms with van der Waals surface area (Å²) < 4.78 is 0. The van der Waals surface area contributed by atoms with E-state index in [1.54, 1.807) is 0 Å². The average Bonchev–Trinajstić information content (AvgIpc) is 2.90. The second-order valence-electron chi connectivity index (χ2n) is 8.91. The summed E-state index contributed by atoms with van der Waals surface area (Å²) in [6.45, 7) is 10.2. The van der Waals surface area contributed by atoms with Crippen molar-refractivity contribution in [2.75, 3.05) is 31.1 Å². The molecule has 26 heavy (non-hydrogen) atoms. The number of nitrogens with one attached hydrogen (secondary N) is 1. The topological polar surface area (TPSA) is 35.6 Å². The van der Waals surface area contributed by atoms with Crippen molar-refractivity contribution >= 4 is 11.7 Å². The molecule has 0 aromatic heterocycles. The number of hydrogen-bond donors (Lipinski definition) is 1. The van der Waals surface area contributed by atoms with Crippen molar-refractivity contribution in [2.24, 2.45) is 0 Å². The summed E-state index contributed by atoms with van der Waals surface area (Å²) in [5.41, 5.74) is 2.82. The Bertz CT molecular complexity index is 574. The van der Waals surface area contributed by atoms with Gasteiger partial charge >= 0.3 is 6.03 Å². The van der Waals surface area contributed by atoms with Crippen molar-refractivity contribution in [3.05, 3.63) is 29.8 Å². The van der Waals surface area contributed by atoms with Gasteiger partial charge in [0.15, 0.2) is 0 Å². The highest BCUT2D eigenvalue weighted by molar-refractivity contribution is 5.75. The van der Waals surface area contributed by atoms with Crippen LogP contribution in [-0.4, -0.2) is 43.2 Å². The summed E-state index contributed by atoms with van der Waals surface area (Å²) in [6.07, 6.45) is 7.43. The molecule has 4 heteroatoms. The normalized spacial score (nSPS) is 20.0. The Balaban J connectivity index is 1.49. The fourth-order valence-electron chi connectivity index (χ4n) is 4.03. The lowest BCUT2D eigenvalue weighted by atomic mass is 9.87. The number of anilines is 1. The second kappa shape index (κ2) is 8.32. The summed E-state index contributed by atoms with van der Waals surface area (Å²) in [5, 5.41) is 3.28.